The average molecular weight is 320 g/mol. The lowest BCUT2D eigenvalue weighted by molar-refractivity contribution is 0.157. The molecule has 0 saturated carbocycles. The number of nitrogens with one attached hydrogen (secondary N) is 2. The molecule has 0 fully saturated rings. The highest BCUT2D eigenvalue weighted by molar-refractivity contribution is 7.29. The molecule has 2 N–H and O–H groups in total. The highest BCUT2D eigenvalue weighted by atomic mass is 31.1. The summed E-state index contributed by atoms with van der Waals surface area (Å²) in [4.78, 5) is 0. The summed E-state index contributed by atoms with van der Waals surface area (Å²) in [5.41, 5.74) is 3.47. The van der Waals surface area contributed by atoms with Gasteiger partial charge in [0.15, 0.2) is 16.3 Å². The molecule has 0 aliphatic rings. The third kappa shape index (κ3) is 5.24. The fraction of sp³-hybridized carbons (Fsp3) is 0.471. The van der Waals surface area contributed by atoms with Crippen molar-refractivity contribution in [3.8, 4) is 0 Å². The van der Waals surface area contributed by atoms with Crippen molar-refractivity contribution in [2.45, 2.75) is 40.9 Å². The SMILES string of the molecule is CC(C)(C)C(C)(C)CBc1ccc(/C(C=N)=C/NPF)cc1. The number of allylic oxidation sites excluding steroid dienone is 1. The Kier molecular flexibility index (Phi) is 6.80. The Morgan fingerprint density at radius 2 is 1.82 bits per heavy atom. The third-order valence-electron chi connectivity index (χ3n) is 4.79. The van der Waals surface area contributed by atoms with Crippen LogP contribution in [-0.4, -0.2) is 13.5 Å². The Labute approximate surface area is 136 Å². The van der Waals surface area contributed by atoms with Gasteiger partial charge in [0.25, 0.3) is 0 Å². The molecule has 120 valence electrons. The lowest BCUT2D eigenvalue weighted by atomic mass is 9.53. The van der Waals surface area contributed by atoms with Crippen molar-refractivity contribution in [1.82, 2.24) is 5.09 Å². The monoisotopic (exact) mass is 320 g/mol. The average Bonchev–Trinajstić information content (AvgIpc) is 2.46. The lowest BCUT2D eigenvalue weighted by Crippen LogP contribution is -2.33. The summed E-state index contributed by atoms with van der Waals surface area (Å²) < 4.78 is 12.2. The van der Waals surface area contributed by atoms with E-state index in [-0.39, 0.29) is 10.8 Å². The molecule has 22 heavy (non-hydrogen) atoms. The Morgan fingerprint density at radius 3 is 2.27 bits per heavy atom. The first kappa shape index (κ1) is 18.9. The van der Waals surface area contributed by atoms with E-state index in [1.54, 1.807) is 6.20 Å². The van der Waals surface area contributed by atoms with Crippen molar-refractivity contribution < 1.29 is 4.20 Å². The van der Waals surface area contributed by atoms with E-state index < -0.39 is 9.04 Å². The second-order valence-corrected chi connectivity index (χ2v) is 7.79. The standard InChI is InChI=1S/C17H27BFN2P/c1-16(2,3)17(4,5)12-18-15-8-6-13(7-9-15)14(10-20)11-21-22-19/h6-11,18,20-22H,12H2,1-5H3/b14-11+,20-10?. The maximum atomic E-state index is 12.2. The minimum atomic E-state index is -0.846. The van der Waals surface area contributed by atoms with Gasteiger partial charge in [0.05, 0.1) is 0 Å². The Balaban J connectivity index is 2.75. The van der Waals surface area contributed by atoms with Crippen LogP contribution >= 0.6 is 9.04 Å². The highest BCUT2D eigenvalue weighted by Gasteiger charge is 2.32. The number of halogens is 1. The summed E-state index contributed by atoms with van der Waals surface area (Å²) in [6.07, 6.45) is 3.92. The molecular formula is C17H27BFN2P. The fourth-order valence-electron chi connectivity index (χ4n) is 2.01. The van der Waals surface area contributed by atoms with Crippen molar-refractivity contribution in [1.29, 1.82) is 5.41 Å². The first-order valence-electron chi connectivity index (χ1n) is 7.62. The molecule has 5 heteroatoms. The van der Waals surface area contributed by atoms with Crippen molar-refractivity contribution in [2.75, 3.05) is 0 Å². The molecule has 1 unspecified atom stereocenters. The van der Waals surface area contributed by atoms with Gasteiger partial charge in [-0.2, -0.15) is 0 Å². The van der Waals surface area contributed by atoms with Gasteiger partial charge in [-0.25, -0.2) is 4.20 Å². The number of benzene rings is 1. The zero-order chi connectivity index (χ0) is 16.8. The molecule has 0 saturated heterocycles. The van der Waals surface area contributed by atoms with Crippen LogP contribution in [0.4, 0.5) is 4.20 Å². The van der Waals surface area contributed by atoms with Gasteiger partial charge in [-0.1, -0.05) is 70.7 Å². The van der Waals surface area contributed by atoms with Gasteiger partial charge in [0, 0.05) is 18.0 Å². The minimum absolute atomic E-state index is 0.275. The zero-order valence-electron chi connectivity index (χ0n) is 14.3. The van der Waals surface area contributed by atoms with Crippen molar-refractivity contribution >= 4 is 33.6 Å². The van der Waals surface area contributed by atoms with Crippen LogP contribution in [-0.2, 0) is 0 Å². The number of rotatable bonds is 7. The van der Waals surface area contributed by atoms with Crippen LogP contribution in [0.1, 0.15) is 40.2 Å². The van der Waals surface area contributed by atoms with E-state index in [9.17, 15) is 4.20 Å². The molecule has 0 aliphatic heterocycles. The highest BCUT2D eigenvalue weighted by Crippen LogP contribution is 2.40. The zero-order valence-corrected chi connectivity index (χ0v) is 15.3. The minimum Gasteiger partial charge on any atom is -0.347 e. The van der Waals surface area contributed by atoms with Crippen LogP contribution in [0.5, 0.6) is 0 Å². The van der Waals surface area contributed by atoms with Gasteiger partial charge in [0.2, 0.25) is 0 Å². The first-order valence-corrected chi connectivity index (χ1v) is 8.50. The predicted octanol–water partition coefficient (Wildman–Crippen LogP) is 4.30. The molecule has 1 aromatic rings. The van der Waals surface area contributed by atoms with Gasteiger partial charge in [-0.15, -0.1) is 0 Å². The number of hydrogen-bond donors (Lipinski definition) is 2. The second kappa shape index (κ2) is 7.92. The largest absolute Gasteiger partial charge is 0.347 e. The maximum Gasteiger partial charge on any atom is 0.166 e. The van der Waals surface area contributed by atoms with Gasteiger partial charge in [-0.05, 0) is 16.4 Å². The van der Waals surface area contributed by atoms with Gasteiger partial charge < -0.3 is 10.5 Å². The van der Waals surface area contributed by atoms with Crippen LogP contribution in [0.3, 0.4) is 0 Å². The molecule has 0 amide bonds. The molecule has 1 atom stereocenters. The van der Waals surface area contributed by atoms with E-state index in [4.69, 9.17) is 5.41 Å². The van der Waals surface area contributed by atoms with E-state index in [2.05, 4.69) is 51.8 Å². The smallest absolute Gasteiger partial charge is 0.166 e. The molecule has 0 bridgehead atoms. The molecule has 2 nitrogen and oxygen atoms in total. The normalized spacial score (nSPS) is 13.5. The summed E-state index contributed by atoms with van der Waals surface area (Å²) in [6, 6.07) is 8.20. The van der Waals surface area contributed by atoms with Crippen LogP contribution in [0, 0.1) is 16.2 Å². The molecular weight excluding hydrogens is 293 g/mol. The van der Waals surface area contributed by atoms with Gasteiger partial charge in [0.1, 0.15) is 0 Å². The number of hydrogen-bond acceptors (Lipinski definition) is 2. The third-order valence-corrected chi connectivity index (χ3v) is 5.05. The van der Waals surface area contributed by atoms with Crippen LogP contribution in [0.2, 0.25) is 6.32 Å². The van der Waals surface area contributed by atoms with Crippen LogP contribution in [0.15, 0.2) is 30.5 Å². The molecule has 0 spiro atoms. The molecule has 1 rings (SSSR count). The van der Waals surface area contributed by atoms with Gasteiger partial charge >= 0.3 is 0 Å². The summed E-state index contributed by atoms with van der Waals surface area (Å²) in [5.74, 6) is 0. The van der Waals surface area contributed by atoms with E-state index in [0.717, 1.165) is 19.2 Å². The topological polar surface area (TPSA) is 35.9 Å². The summed E-state index contributed by atoms with van der Waals surface area (Å²) in [6.45, 7) is 11.5. The van der Waals surface area contributed by atoms with E-state index >= 15 is 0 Å². The molecule has 0 radical (unpaired) electrons. The molecule has 1 aromatic carbocycles. The van der Waals surface area contributed by atoms with Crippen LogP contribution < -0.4 is 10.6 Å². The summed E-state index contributed by atoms with van der Waals surface area (Å²) in [5, 5.41) is 9.93. The summed E-state index contributed by atoms with van der Waals surface area (Å²) >= 11 is 0. The molecule has 0 heterocycles. The fourth-order valence-corrected chi connectivity index (χ4v) is 2.22. The van der Waals surface area contributed by atoms with E-state index in [0.29, 0.717) is 5.57 Å². The molecule has 0 aliphatic carbocycles. The first-order chi connectivity index (χ1) is 10.2. The lowest BCUT2D eigenvalue weighted by Gasteiger charge is -2.39. The van der Waals surface area contributed by atoms with Crippen molar-refractivity contribution in [3.63, 3.8) is 0 Å². The Bertz CT molecular complexity index is 518. The predicted molar refractivity (Wildman–Crippen MR) is 101 cm³/mol. The Morgan fingerprint density at radius 1 is 1.23 bits per heavy atom. The van der Waals surface area contributed by atoms with E-state index in [1.807, 2.05) is 12.1 Å². The van der Waals surface area contributed by atoms with Crippen LogP contribution in [0.25, 0.3) is 5.57 Å². The quantitative estimate of drug-likeness (QED) is 0.439. The molecule has 0 aromatic heterocycles. The summed E-state index contributed by atoms with van der Waals surface area (Å²) in [7, 11) is 0.194. The van der Waals surface area contributed by atoms with Crippen molar-refractivity contribution in [3.05, 3.63) is 36.0 Å². The maximum absolute atomic E-state index is 12.2. The Hall–Kier alpha value is -1.15. The van der Waals surface area contributed by atoms with Crippen molar-refractivity contribution in [2.24, 2.45) is 10.8 Å². The second-order valence-electron chi connectivity index (χ2n) is 7.31. The van der Waals surface area contributed by atoms with Gasteiger partial charge in [-0.3, -0.25) is 0 Å². The van der Waals surface area contributed by atoms with E-state index in [1.165, 1.54) is 11.7 Å².